The maximum atomic E-state index is 12.8. The van der Waals surface area contributed by atoms with Crippen molar-refractivity contribution in [3.05, 3.63) is 51.7 Å². The lowest BCUT2D eigenvalue weighted by Gasteiger charge is -2.32. The minimum Gasteiger partial charge on any atom is -0.487 e. The number of amides is 1. The second kappa shape index (κ2) is 9.59. The maximum Gasteiger partial charge on any atom is 0.267 e. The third-order valence-electron chi connectivity index (χ3n) is 7.25. The molecule has 34 heavy (non-hydrogen) atoms. The first kappa shape index (κ1) is 23.2. The van der Waals surface area contributed by atoms with E-state index in [4.69, 9.17) is 9.47 Å². The number of rotatable bonds is 7. The lowest BCUT2D eigenvalue weighted by atomic mass is 9.96. The van der Waals surface area contributed by atoms with E-state index < -0.39 is 0 Å². The third-order valence-corrected chi connectivity index (χ3v) is 7.25. The number of piperidine rings is 1. The van der Waals surface area contributed by atoms with Gasteiger partial charge in [0, 0.05) is 37.0 Å². The number of benzene rings is 1. The van der Waals surface area contributed by atoms with Crippen LogP contribution in [0.3, 0.4) is 0 Å². The van der Waals surface area contributed by atoms with Crippen LogP contribution in [-0.4, -0.2) is 53.7 Å². The van der Waals surface area contributed by atoms with Crippen LogP contribution in [0.5, 0.6) is 5.75 Å². The van der Waals surface area contributed by atoms with Gasteiger partial charge in [-0.05, 0) is 82.0 Å². The highest BCUT2D eigenvalue weighted by molar-refractivity contribution is 5.92. The number of likely N-dealkylation sites (tertiary alicyclic amines) is 1. The maximum absolute atomic E-state index is 12.8. The number of hydrogen-bond acceptors (Lipinski definition) is 4. The number of para-hydroxylation sites is 1. The predicted molar refractivity (Wildman–Crippen MR) is 134 cm³/mol. The fourth-order valence-electron chi connectivity index (χ4n) is 5.47. The summed E-state index contributed by atoms with van der Waals surface area (Å²) in [5.41, 5.74) is 3.15. The van der Waals surface area contributed by atoms with Crippen LogP contribution >= 0.6 is 0 Å². The van der Waals surface area contributed by atoms with Gasteiger partial charge in [-0.15, -0.1) is 0 Å². The molecule has 3 heterocycles. The number of nitrogens with one attached hydrogen (secondary N) is 2. The van der Waals surface area contributed by atoms with Gasteiger partial charge in [0.15, 0.2) is 0 Å². The standard InChI is InChI=1S/C28H37N3O3/c1-4-33-23-9-8-20-14-25(30-24(20)15-23)27(32)29-17-19-10-12-31(13-11-19)18-22-7-5-6-21-16-28(2,3)34-26(21)22/h5-8,14-15,19,23,30H,4,9-13,16-18H2,1-3H3,(H,29,32)/t23-/m1/s1. The summed E-state index contributed by atoms with van der Waals surface area (Å²) in [7, 11) is 0. The van der Waals surface area contributed by atoms with E-state index in [2.05, 4.69) is 59.4 Å². The van der Waals surface area contributed by atoms with E-state index in [1.54, 1.807) is 0 Å². The van der Waals surface area contributed by atoms with Crippen LogP contribution < -0.4 is 20.6 Å². The van der Waals surface area contributed by atoms with Crippen molar-refractivity contribution in [3.63, 3.8) is 0 Å². The molecule has 1 atom stereocenters. The van der Waals surface area contributed by atoms with Gasteiger partial charge in [0.05, 0.1) is 6.10 Å². The molecule has 0 unspecified atom stereocenters. The number of ether oxygens (including phenoxy) is 2. The fourth-order valence-corrected chi connectivity index (χ4v) is 5.47. The third kappa shape index (κ3) is 5.08. The summed E-state index contributed by atoms with van der Waals surface area (Å²) < 4.78 is 11.9. The molecule has 1 aromatic heterocycles. The molecule has 1 aromatic carbocycles. The molecule has 0 saturated carbocycles. The Hall–Kier alpha value is -2.57. The summed E-state index contributed by atoms with van der Waals surface area (Å²) in [4.78, 5) is 18.5. The van der Waals surface area contributed by atoms with E-state index in [0.717, 1.165) is 68.2 Å². The molecule has 2 aromatic rings. The SMILES string of the molecule is CCO[C@H]1C=c2[nH]c(C(=O)NCC3CCN(Cc4cccc5c4OC(C)(C)C5)CC3)cc2=CC1. The van der Waals surface area contributed by atoms with Crippen LogP contribution in [0, 0.1) is 5.92 Å². The molecule has 0 radical (unpaired) electrons. The van der Waals surface area contributed by atoms with E-state index in [0.29, 0.717) is 18.2 Å². The molecule has 0 spiro atoms. The largest absolute Gasteiger partial charge is 0.487 e. The van der Waals surface area contributed by atoms with Gasteiger partial charge >= 0.3 is 0 Å². The number of aromatic nitrogens is 1. The zero-order chi connectivity index (χ0) is 23.7. The molecule has 5 rings (SSSR count). The molecule has 6 nitrogen and oxygen atoms in total. The summed E-state index contributed by atoms with van der Waals surface area (Å²) in [6.07, 6.45) is 8.35. The minimum atomic E-state index is -0.108. The van der Waals surface area contributed by atoms with Crippen LogP contribution in [0.2, 0.25) is 0 Å². The number of carbonyl (C=O) groups is 1. The quantitative estimate of drug-likeness (QED) is 0.663. The summed E-state index contributed by atoms with van der Waals surface area (Å²) >= 11 is 0. The van der Waals surface area contributed by atoms with E-state index in [1.807, 2.05) is 13.0 Å². The van der Waals surface area contributed by atoms with Gasteiger partial charge in [0.25, 0.3) is 5.91 Å². The highest BCUT2D eigenvalue weighted by atomic mass is 16.5. The highest BCUT2D eigenvalue weighted by Crippen LogP contribution is 2.38. The van der Waals surface area contributed by atoms with Crippen molar-refractivity contribution in [1.29, 1.82) is 0 Å². The molecule has 1 aliphatic carbocycles. The Kier molecular flexibility index (Phi) is 6.54. The summed E-state index contributed by atoms with van der Waals surface area (Å²) in [6.45, 7) is 10.8. The number of hydrogen-bond donors (Lipinski definition) is 2. The first-order valence-corrected chi connectivity index (χ1v) is 12.7. The molecular weight excluding hydrogens is 426 g/mol. The van der Waals surface area contributed by atoms with Gasteiger partial charge in [0.1, 0.15) is 17.0 Å². The van der Waals surface area contributed by atoms with Gasteiger partial charge in [0.2, 0.25) is 0 Å². The lowest BCUT2D eigenvalue weighted by Crippen LogP contribution is -2.38. The van der Waals surface area contributed by atoms with E-state index in [1.165, 1.54) is 11.1 Å². The van der Waals surface area contributed by atoms with Crippen LogP contribution in [0.4, 0.5) is 0 Å². The minimum absolute atomic E-state index is 0.0220. The van der Waals surface area contributed by atoms with Gasteiger partial charge < -0.3 is 19.8 Å². The molecule has 1 fully saturated rings. The smallest absolute Gasteiger partial charge is 0.267 e. The Morgan fingerprint density at radius 3 is 2.91 bits per heavy atom. The monoisotopic (exact) mass is 463 g/mol. The van der Waals surface area contributed by atoms with E-state index in [-0.39, 0.29) is 17.6 Å². The molecule has 6 heteroatoms. The number of H-pyrrole nitrogens is 1. The van der Waals surface area contributed by atoms with Crippen molar-refractivity contribution < 1.29 is 14.3 Å². The first-order chi connectivity index (χ1) is 16.4. The van der Waals surface area contributed by atoms with Crippen LogP contribution in [-0.2, 0) is 17.7 Å². The zero-order valence-corrected chi connectivity index (χ0v) is 20.7. The van der Waals surface area contributed by atoms with Crippen molar-refractivity contribution >= 4 is 18.1 Å². The molecular formula is C28H37N3O3. The van der Waals surface area contributed by atoms with Crippen LogP contribution in [0.1, 0.15) is 61.6 Å². The fraction of sp³-hybridized carbons (Fsp3) is 0.536. The predicted octanol–water partition coefficient (Wildman–Crippen LogP) is 2.74. The number of nitrogens with zero attached hydrogens (tertiary/aromatic N) is 1. The second-order valence-corrected chi connectivity index (χ2v) is 10.5. The highest BCUT2D eigenvalue weighted by Gasteiger charge is 2.32. The lowest BCUT2D eigenvalue weighted by molar-refractivity contribution is 0.0929. The number of aromatic amines is 1. The van der Waals surface area contributed by atoms with Crippen molar-refractivity contribution in [2.24, 2.45) is 5.92 Å². The summed E-state index contributed by atoms with van der Waals surface area (Å²) in [6, 6.07) is 8.50. The number of carbonyl (C=O) groups excluding carboxylic acids is 1. The van der Waals surface area contributed by atoms with Gasteiger partial charge in [-0.2, -0.15) is 0 Å². The van der Waals surface area contributed by atoms with Crippen molar-refractivity contribution in [3.8, 4) is 5.75 Å². The van der Waals surface area contributed by atoms with E-state index >= 15 is 0 Å². The Bertz CT molecular complexity index is 1160. The van der Waals surface area contributed by atoms with Gasteiger partial charge in [-0.25, -0.2) is 0 Å². The topological polar surface area (TPSA) is 66.6 Å². The molecule has 1 amide bonds. The Morgan fingerprint density at radius 2 is 2.12 bits per heavy atom. The zero-order valence-electron chi connectivity index (χ0n) is 20.7. The molecule has 0 bridgehead atoms. The van der Waals surface area contributed by atoms with Crippen LogP contribution in [0.15, 0.2) is 24.3 Å². The summed E-state index contributed by atoms with van der Waals surface area (Å²) in [5.74, 6) is 1.59. The van der Waals surface area contributed by atoms with E-state index in [9.17, 15) is 4.79 Å². The van der Waals surface area contributed by atoms with Crippen molar-refractivity contribution in [2.75, 3.05) is 26.2 Å². The molecule has 1 saturated heterocycles. The van der Waals surface area contributed by atoms with Gasteiger partial charge in [-0.1, -0.05) is 24.3 Å². The Morgan fingerprint density at radius 1 is 1.29 bits per heavy atom. The molecule has 2 aliphatic heterocycles. The Labute approximate surface area is 202 Å². The van der Waals surface area contributed by atoms with Crippen molar-refractivity contribution in [2.45, 2.75) is 64.7 Å². The number of fused-ring (bicyclic) bond motifs is 2. The first-order valence-electron chi connectivity index (χ1n) is 12.7. The average molecular weight is 464 g/mol. The normalized spacial score (nSPS) is 21.7. The summed E-state index contributed by atoms with van der Waals surface area (Å²) in [5, 5.41) is 5.23. The van der Waals surface area contributed by atoms with Gasteiger partial charge in [-0.3, -0.25) is 9.69 Å². The molecule has 3 aliphatic rings. The Balaban J connectivity index is 1.11. The van der Waals surface area contributed by atoms with Crippen LogP contribution in [0.25, 0.3) is 12.2 Å². The van der Waals surface area contributed by atoms with Crippen molar-refractivity contribution in [1.82, 2.24) is 15.2 Å². The average Bonchev–Trinajstić information content (AvgIpc) is 3.38. The second-order valence-electron chi connectivity index (χ2n) is 10.5. The molecule has 182 valence electrons. The molecule has 2 N–H and O–H groups in total.